The summed E-state index contributed by atoms with van der Waals surface area (Å²) in [7, 11) is 0. The molecule has 2 heteroatoms. The Morgan fingerprint density at radius 1 is 1.45 bits per heavy atom. The summed E-state index contributed by atoms with van der Waals surface area (Å²) in [5.74, 6) is 0.364. The molecule has 58 valence electrons. The van der Waals surface area contributed by atoms with E-state index in [1.54, 1.807) is 6.26 Å². The zero-order valence-electron chi connectivity index (χ0n) is 6.32. The van der Waals surface area contributed by atoms with Gasteiger partial charge in [-0.1, -0.05) is 12.2 Å². The summed E-state index contributed by atoms with van der Waals surface area (Å²) in [5.41, 5.74) is 1.28. The van der Waals surface area contributed by atoms with Crippen LogP contribution in [0.5, 0.6) is 0 Å². The molecular formula is C9H10OS. The number of thiol groups is 1. The van der Waals surface area contributed by atoms with E-state index in [0.717, 1.165) is 4.91 Å². The highest BCUT2D eigenvalue weighted by Gasteiger charge is 2.29. The van der Waals surface area contributed by atoms with Crippen LogP contribution in [0.25, 0.3) is 0 Å². The molecule has 0 aromatic rings. The van der Waals surface area contributed by atoms with Crippen LogP contribution in [0.4, 0.5) is 0 Å². The van der Waals surface area contributed by atoms with Crippen LogP contribution in [0.15, 0.2) is 35.0 Å². The lowest BCUT2D eigenvalue weighted by Gasteiger charge is -2.22. The number of allylic oxidation sites excluding steroid dienone is 2. The molecule has 0 amide bonds. The molecule has 1 aliphatic carbocycles. The topological polar surface area (TPSA) is 9.23 Å². The van der Waals surface area contributed by atoms with Crippen molar-refractivity contribution < 1.29 is 4.74 Å². The fraction of sp³-hybridized carbons (Fsp3) is 0.333. The van der Waals surface area contributed by atoms with E-state index < -0.39 is 0 Å². The fourth-order valence-electron chi connectivity index (χ4n) is 1.47. The summed E-state index contributed by atoms with van der Waals surface area (Å²) in [6, 6.07) is 0. The first kappa shape index (κ1) is 7.04. The van der Waals surface area contributed by atoms with Gasteiger partial charge in [-0.3, -0.25) is 0 Å². The third-order valence-electron chi connectivity index (χ3n) is 2.14. The van der Waals surface area contributed by atoms with Crippen molar-refractivity contribution in [2.24, 2.45) is 5.92 Å². The van der Waals surface area contributed by atoms with E-state index >= 15 is 0 Å². The Hall–Kier alpha value is -0.630. The van der Waals surface area contributed by atoms with Gasteiger partial charge in [-0.05, 0) is 23.5 Å². The summed E-state index contributed by atoms with van der Waals surface area (Å²) in [6.45, 7) is 2.08. The van der Waals surface area contributed by atoms with E-state index in [0.29, 0.717) is 5.92 Å². The van der Waals surface area contributed by atoms with Gasteiger partial charge in [0.25, 0.3) is 0 Å². The van der Waals surface area contributed by atoms with Crippen molar-refractivity contribution in [1.82, 2.24) is 0 Å². The van der Waals surface area contributed by atoms with Gasteiger partial charge in [0.2, 0.25) is 0 Å². The van der Waals surface area contributed by atoms with Gasteiger partial charge in [-0.2, -0.15) is 0 Å². The van der Waals surface area contributed by atoms with Crippen LogP contribution in [0.1, 0.15) is 6.92 Å². The van der Waals surface area contributed by atoms with Gasteiger partial charge < -0.3 is 4.74 Å². The van der Waals surface area contributed by atoms with E-state index in [4.69, 9.17) is 4.74 Å². The Morgan fingerprint density at radius 2 is 2.27 bits per heavy atom. The molecule has 1 aliphatic heterocycles. The van der Waals surface area contributed by atoms with Crippen molar-refractivity contribution in [3.63, 3.8) is 0 Å². The molecule has 0 bridgehead atoms. The van der Waals surface area contributed by atoms with Crippen molar-refractivity contribution in [3.8, 4) is 0 Å². The highest BCUT2D eigenvalue weighted by Crippen LogP contribution is 2.34. The first-order valence-electron chi connectivity index (χ1n) is 3.68. The van der Waals surface area contributed by atoms with E-state index in [1.165, 1.54) is 5.57 Å². The van der Waals surface area contributed by atoms with Crippen LogP contribution in [0, 0.1) is 5.92 Å². The maximum absolute atomic E-state index is 5.40. The van der Waals surface area contributed by atoms with Crippen molar-refractivity contribution in [2.45, 2.75) is 13.0 Å². The zero-order chi connectivity index (χ0) is 7.84. The predicted molar refractivity (Wildman–Crippen MR) is 48.3 cm³/mol. The first-order valence-corrected chi connectivity index (χ1v) is 4.13. The van der Waals surface area contributed by atoms with Crippen LogP contribution in [0.2, 0.25) is 0 Å². The minimum absolute atomic E-state index is 0.215. The van der Waals surface area contributed by atoms with E-state index in [2.05, 4.69) is 31.7 Å². The van der Waals surface area contributed by atoms with E-state index in [-0.39, 0.29) is 6.10 Å². The van der Waals surface area contributed by atoms with Gasteiger partial charge in [-0.25, -0.2) is 0 Å². The summed E-state index contributed by atoms with van der Waals surface area (Å²) < 4.78 is 5.40. The molecule has 0 N–H and O–H groups in total. The fourth-order valence-corrected chi connectivity index (χ4v) is 1.76. The minimum atomic E-state index is 0.215. The van der Waals surface area contributed by atoms with Crippen molar-refractivity contribution in [2.75, 3.05) is 0 Å². The smallest absolute Gasteiger partial charge is 0.130 e. The highest BCUT2D eigenvalue weighted by atomic mass is 32.1. The monoisotopic (exact) mass is 166 g/mol. The third-order valence-corrected chi connectivity index (χ3v) is 2.59. The second-order valence-electron chi connectivity index (χ2n) is 2.91. The third kappa shape index (κ3) is 1.02. The maximum atomic E-state index is 5.40. The maximum Gasteiger partial charge on any atom is 0.130 e. The molecule has 2 rings (SSSR count). The summed E-state index contributed by atoms with van der Waals surface area (Å²) >= 11 is 4.36. The van der Waals surface area contributed by atoms with Gasteiger partial charge in [0, 0.05) is 0 Å². The Bertz CT molecular complexity index is 263. The summed E-state index contributed by atoms with van der Waals surface area (Å²) in [6.07, 6.45) is 8.14. The molecule has 11 heavy (non-hydrogen) atoms. The first-order chi connectivity index (χ1) is 5.29. The molecule has 0 saturated heterocycles. The Labute approximate surface area is 71.8 Å². The molecule has 2 aliphatic rings. The Kier molecular flexibility index (Phi) is 1.57. The second-order valence-corrected chi connectivity index (χ2v) is 3.43. The van der Waals surface area contributed by atoms with E-state index in [1.807, 2.05) is 6.08 Å². The van der Waals surface area contributed by atoms with Crippen molar-refractivity contribution in [3.05, 3.63) is 35.0 Å². The average Bonchev–Trinajstić information content (AvgIpc) is 2.45. The zero-order valence-corrected chi connectivity index (χ0v) is 7.21. The van der Waals surface area contributed by atoms with Crippen molar-refractivity contribution in [1.29, 1.82) is 0 Å². The summed E-state index contributed by atoms with van der Waals surface area (Å²) in [4.78, 5) is 1.09. The van der Waals surface area contributed by atoms with Crippen LogP contribution in [-0.4, -0.2) is 6.10 Å². The Morgan fingerprint density at radius 3 is 3.00 bits per heavy atom. The summed E-state index contributed by atoms with van der Waals surface area (Å²) in [5, 5.41) is 0. The molecule has 0 aromatic carbocycles. The molecule has 0 aromatic heterocycles. The molecule has 2 atom stereocenters. The molecule has 0 spiro atoms. The van der Waals surface area contributed by atoms with Gasteiger partial charge in [0.1, 0.15) is 6.10 Å². The van der Waals surface area contributed by atoms with Gasteiger partial charge in [0.15, 0.2) is 0 Å². The molecule has 0 radical (unpaired) electrons. The molecule has 2 unspecified atom stereocenters. The van der Waals surface area contributed by atoms with Crippen molar-refractivity contribution >= 4 is 12.6 Å². The number of ether oxygens (including phenoxy) is 1. The lowest BCUT2D eigenvalue weighted by Crippen LogP contribution is -2.20. The lowest BCUT2D eigenvalue weighted by atomic mass is 9.93. The van der Waals surface area contributed by atoms with Crippen LogP contribution >= 0.6 is 12.6 Å². The van der Waals surface area contributed by atoms with Gasteiger partial charge >= 0.3 is 0 Å². The molecular weight excluding hydrogens is 156 g/mol. The standard InChI is InChI=1S/C9H10OS/c1-6-2-3-8(11)7-4-5-10-9(6)7/h2-5,7,9,11H,1H3. The van der Waals surface area contributed by atoms with E-state index in [9.17, 15) is 0 Å². The second kappa shape index (κ2) is 2.45. The quantitative estimate of drug-likeness (QED) is 0.543. The van der Waals surface area contributed by atoms with Gasteiger partial charge in [-0.15, -0.1) is 12.6 Å². The minimum Gasteiger partial charge on any atom is -0.493 e. The number of fused-ring (bicyclic) bond motifs is 1. The van der Waals surface area contributed by atoms with Crippen LogP contribution < -0.4 is 0 Å². The molecule has 1 nitrogen and oxygen atoms in total. The molecule has 0 saturated carbocycles. The average molecular weight is 166 g/mol. The predicted octanol–water partition coefficient (Wildman–Crippen LogP) is 2.29. The Balaban J connectivity index is 2.35. The van der Waals surface area contributed by atoms with Gasteiger partial charge in [0.05, 0.1) is 12.2 Å². The number of hydrogen-bond donors (Lipinski definition) is 1. The molecule has 0 fully saturated rings. The van der Waals surface area contributed by atoms with Crippen LogP contribution in [-0.2, 0) is 4.74 Å². The number of hydrogen-bond acceptors (Lipinski definition) is 2. The molecule has 1 heterocycles. The highest BCUT2D eigenvalue weighted by molar-refractivity contribution is 7.84. The normalized spacial score (nSPS) is 34.0. The SMILES string of the molecule is CC1=CC=C(S)C2C=COC12. The van der Waals surface area contributed by atoms with Crippen LogP contribution in [0.3, 0.4) is 0 Å². The number of rotatable bonds is 0. The largest absolute Gasteiger partial charge is 0.493 e. The lowest BCUT2D eigenvalue weighted by molar-refractivity contribution is 0.180.